The Kier molecular flexibility index (Phi) is 3.82. The molecule has 1 rings (SSSR count). The minimum absolute atomic E-state index is 0.196. The molecule has 0 saturated heterocycles. The van der Waals surface area contributed by atoms with Gasteiger partial charge in [-0.1, -0.05) is 27.4 Å². The summed E-state index contributed by atoms with van der Waals surface area (Å²) < 4.78 is 5.57. The number of hydrogen-bond donors (Lipinski definition) is 0. The van der Waals surface area contributed by atoms with Gasteiger partial charge in [-0.2, -0.15) is 0 Å². The molecule has 1 aliphatic carbocycles. The second-order valence-corrected chi connectivity index (χ2v) is 5.73. The maximum Gasteiger partial charge on any atom is 0.303 e. The SMILES string of the molecule is C=CC1(OC(C)=O)CCC(C)(C)CC1CC. The highest BCUT2D eigenvalue weighted by atomic mass is 16.6. The van der Waals surface area contributed by atoms with E-state index in [-0.39, 0.29) is 5.97 Å². The second-order valence-electron chi connectivity index (χ2n) is 5.73. The second kappa shape index (κ2) is 4.60. The van der Waals surface area contributed by atoms with Crippen LogP contribution in [-0.4, -0.2) is 11.6 Å². The van der Waals surface area contributed by atoms with Gasteiger partial charge in [0.1, 0.15) is 5.60 Å². The minimum atomic E-state index is -0.421. The van der Waals surface area contributed by atoms with Crippen molar-refractivity contribution in [1.82, 2.24) is 0 Å². The Morgan fingerprint density at radius 2 is 2.12 bits per heavy atom. The molecule has 0 amide bonds. The predicted octanol–water partition coefficient (Wildman–Crippen LogP) is 3.71. The molecule has 92 valence electrons. The molecular formula is C14H24O2. The third-order valence-corrected chi connectivity index (χ3v) is 3.85. The Bertz CT molecular complexity index is 280. The van der Waals surface area contributed by atoms with Crippen molar-refractivity contribution in [2.45, 2.75) is 59.0 Å². The van der Waals surface area contributed by atoms with Gasteiger partial charge in [-0.05, 0) is 37.2 Å². The van der Waals surface area contributed by atoms with Crippen molar-refractivity contribution in [2.75, 3.05) is 0 Å². The van der Waals surface area contributed by atoms with Crippen LogP contribution in [0.25, 0.3) is 0 Å². The van der Waals surface area contributed by atoms with Crippen LogP contribution in [0.15, 0.2) is 12.7 Å². The fraction of sp³-hybridized carbons (Fsp3) is 0.786. The van der Waals surface area contributed by atoms with Gasteiger partial charge in [-0.15, -0.1) is 0 Å². The van der Waals surface area contributed by atoms with E-state index in [4.69, 9.17) is 4.74 Å². The Morgan fingerprint density at radius 3 is 2.56 bits per heavy atom. The van der Waals surface area contributed by atoms with Crippen molar-refractivity contribution < 1.29 is 9.53 Å². The first-order valence-electron chi connectivity index (χ1n) is 6.18. The van der Waals surface area contributed by atoms with Gasteiger partial charge >= 0.3 is 5.97 Å². The Balaban J connectivity index is 2.91. The molecule has 16 heavy (non-hydrogen) atoms. The summed E-state index contributed by atoms with van der Waals surface area (Å²) in [5.41, 5.74) is -0.0660. The van der Waals surface area contributed by atoms with Gasteiger partial charge in [0.15, 0.2) is 0 Å². The molecule has 0 bridgehead atoms. The van der Waals surface area contributed by atoms with Crippen LogP contribution in [0.2, 0.25) is 0 Å². The third kappa shape index (κ3) is 2.66. The number of esters is 1. The number of ether oxygens (including phenoxy) is 1. The van der Waals surface area contributed by atoms with Crippen LogP contribution in [0.1, 0.15) is 53.4 Å². The maximum atomic E-state index is 11.2. The number of rotatable bonds is 3. The molecule has 1 fully saturated rings. The molecule has 2 unspecified atom stereocenters. The van der Waals surface area contributed by atoms with E-state index in [1.165, 1.54) is 6.92 Å². The Hall–Kier alpha value is -0.790. The molecule has 0 aromatic rings. The van der Waals surface area contributed by atoms with E-state index in [9.17, 15) is 4.79 Å². The first kappa shape index (κ1) is 13.3. The summed E-state index contributed by atoms with van der Waals surface area (Å²) in [6.45, 7) is 12.1. The van der Waals surface area contributed by atoms with E-state index in [2.05, 4.69) is 27.4 Å². The van der Waals surface area contributed by atoms with E-state index >= 15 is 0 Å². The molecule has 2 atom stereocenters. The van der Waals surface area contributed by atoms with Gasteiger partial charge in [-0.25, -0.2) is 0 Å². The van der Waals surface area contributed by atoms with E-state index in [1.807, 2.05) is 6.08 Å². The zero-order valence-corrected chi connectivity index (χ0v) is 11.0. The summed E-state index contributed by atoms with van der Waals surface area (Å²) in [6.07, 6.45) is 5.97. The monoisotopic (exact) mass is 224 g/mol. The summed E-state index contributed by atoms with van der Waals surface area (Å²) in [7, 11) is 0. The van der Waals surface area contributed by atoms with Gasteiger partial charge in [-0.3, -0.25) is 4.79 Å². The van der Waals surface area contributed by atoms with Gasteiger partial charge in [0.05, 0.1) is 0 Å². The van der Waals surface area contributed by atoms with Crippen LogP contribution in [0, 0.1) is 11.3 Å². The zero-order valence-electron chi connectivity index (χ0n) is 11.0. The fourth-order valence-corrected chi connectivity index (χ4v) is 2.88. The topological polar surface area (TPSA) is 26.3 Å². The van der Waals surface area contributed by atoms with Gasteiger partial charge in [0.2, 0.25) is 0 Å². The third-order valence-electron chi connectivity index (χ3n) is 3.85. The molecule has 0 spiro atoms. The molecule has 0 heterocycles. The van der Waals surface area contributed by atoms with Crippen LogP contribution in [0.5, 0.6) is 0 Å². The van der Waals surface area contributed by atoms with Crippen molar-refractivity contribution in [1.29, 1.82) is 0 Å². The molecule has 0 N–H and O–H groups in total. The van der Waals surface area contributed by atoms with Crippen molar-refractivity contribution in [3.05, 3.63) is 12.7 Å². The van der Waals surface area contributed by atoms with E-state index in [0.29, 0.717) is 11.3 Å². The van der Waals surface area contributed by atoms with Gasteiger partial charge in [0, 0.05) is 12.8 Å². The van der Waals surface area contributed by atoms with E-state index < -0.39 is 5.60 Å². The number of carbonyl (C=O) groups excluding carboxylic acids is 1. The minimum Gasteiger partial charge on any atom is -0.455 e. The number of hydrogen-bond acceptors (Lipinski definition) is 2. The number of carbonyl (C=O) groups is 1. The highest BCUT2D eigenvalue weighted by Gasteiger charge is 2.45. The average molecular weight is 224 g/mol. The molecule has 2 nitrogen and oxygen atoms in total. The smallest absolute Gasteiger partial charge is 0.303 e. The lowest BCUT2D eigenvalue weighted by Gasteiger charge is -2.47. The lowest BCUT2D eigenvalue weighted by Crippen LogP contribution is -2.46. The largest absolute Gasteiger partial charge is 0.455 e. The zero-order chi connectivity index (χ0) is 12.4. The average Bonchev–Trinajstić information content (AvgIpc) is 2.20. The lowest BCUT2D eigenvalue weighted by atomic mass is 9.64. The fourth-order valence-electron chi connectivity index (χ4n) is 2.88. The molecule has 2 heteroatoms. The van der Waals surface area contributed by atoms with E-state index in [0.717, 1.165) is 25.7 Å². The molecule has 1 saturated carbocycles. The van der Waals surface area contributed by atoms with Crippen LogP contribution in [-0.2, 0) is 9.53 Å². The Morgan fingerprint density at radius 1 is 1.50 bits per heavy atom. The first-order chi connectivity index (χ1) is 7.35. The standard InChI is InChI=1S/C14H24O2/c1-6-12-10-13(4,5)8-9-14(12,7-2)16-11(3)15/h7,12H,2,6,8-10H2,1,3-5H3. The van der Waals surface area contributed by atoms with Crippen molar-refractivity contribution >= 4 is 5.97 Å². The Labute approximate surface area is 99.1 Å². The van der Waals surface area contributed by atoms with Crippen molar-refractivity contribution in [3.63, 3.8) is 0 Å². The van der Waals surface area contributed by atoms with Crippen molar-refractivity contribution in [2.24, 2.45) is 11.3 Å². The summed E-state index contributed by atoms with van der Waals surface area (Å²) in [4.78, 5) is 11.2. The molecule has 1 aliphatic rings. The molecule has 0 aromatic carbocycles. The highest BCUT2D eigenvalue weighted by molar-refractivity contribution is 5.67. The van der Waals surface area contributed by atoms with Crippen LogP contribution in [0.3, 0.4) is 0 Å². The summed E-state index contributed by atoms with van der Waals surface area (Å²) >= 11 is 0. The summed E-state index contributed by atoms with van der Waals surface area (Å²) in [6, 6.07) is 0. The van der Waals surface area contributed by atoms with Crippen LogP contribution in [0.4, 0.5) is 0 Å². The van der Waals surface area contributed by atoms with Crippen LogP contribution >= 0.6 is 0 Å². The molecule has 0 aliphatic heterocycles. The highest BCUT2D eigenvalue weighted by Crippen LogP contribution is 2.47. The summed E-state index contributed by atoms with van der Waals surface area (Å²) in [5.74, 6) is 0.204. The maximum absolute atomic E-state index is 11.2. The lowest BCUT2D eigenvalue weighted by molar-refractivity contribution is -0.164. The molecule has 0 radical (unpaired) electrons. The van der Waals surface area contributed by atoms with Gasteiger partial charge in [0.25, 0.3) is 0 Å². The van der Waals surface area contributed by atoms with Gasteiger partial charge < -0.3 is 4.74 Å². The molecular weight excluding hydrogens is 200 g/mol. The molecule has 0 aromatic heterocycles. The quantitative estimate of drug-likeness (QED) is 0.539. The first-order valence-corrected chi connectivity index (χ1v) is 6.18. The summed E-state index contributed by atoms with van der Waals surface area (Å²) in [5, 5.41) is 0. The van der Waals surface area contributed by atoms with Crippen molar-refractivity contribution in [3.8, 4) is 0 Å². The predicted molar refractivity (Wildman–Crippen MR) is 66.1 cm³/mol. The normalized spacial score (nSPS) is 33.1. The van der Waals surface area contributed by atoms with E-state index in [1.54, 1.807) is 0 Å². The van der Waals surface area contributed by atoms with Crippen LogP contribution < -0.4 is 0 Å².